The summed E-state index contributed by atoms with van der Waals surface area (Å²) in [7, 11) is 0. The second kappa shape index (κ2) is 4.47. The summed E-state index contributed by atoms with van der Waals surface area (Å²) in [6, 6.07) is 0.490. The molecule has 2 unspecified atom stereocenters. The van der Waals surface area contributed by atoms with Gasteiger partial charge in [0.1, 0.15) is 0 Å². The zero-order valence-electron chi connectivity index (χ0n) is 12.7. The number of nitrogens with one attached hydrogen (secondary N) is 1. The van der Waals surface area contributed by atoms with E-state index >= 15 is 0 Å². The number of hydrogen-bond donors (Lipinski definition) is 1. The van der Waals surface area contributed by atoms with Gasteiger partial charge < -0.3 is 10.2 Å². The molecule has 0 spiro atoms. The maximum absolute atomic E-state index is 12.4. The summed E-state index contributed by atoms with van der Waals surface area (Å²) >= 11 is 0. The van der Waals surface area contributed by atoms with Gasteiger partial charge in [0.15, 0.2) is 0 Å². The molecule has 3 aliphatic rings. The molecule has 3 nitrogen and oxygen atoms in total. The van der Waals surface area contributed by atoms with Crippen molar-refractivity contribution in [2.45, 2.75) is 58.9 Å². The van der Waals surface area contributed by atoms with Gasteiger partial charge in [-0.1, -0.05) is 20.8 Å². The van der Waals surface area contributed by atoms with Gasteiger partial charge in [0.2, 0.25) is 5.91 Å². The molecule has 2 atom stereocenters. The predicted octanol–water partition coefficient (Wildman–Crippen LogP) is 2.41. The lowest BCUT2D eigenvalue weighted by atomic mass is 9.65. The molecule has 1 aliphatic heterocycles. The van der Waals surface area contributed by atoms with E-state index in [0.717, 1.165) is 19.0 Å². The molecule has 2 bridgehead atoms. The third-order valence-electron chi connectivity index (χ3n) is 5.14. The highest BCUT2D eigenvalue weighted by Gasteiger charge is 2.50. The number of carbonyl (C=O) groups is 1. The van der Waals surface area contributed by atoms with Crippen LogP contribution in [0.4, 0.5) is 0 Å². The summed E-state index contributed by atoms with van der Waals surface area (Å²) in [5.41, 5.74) is 0.757. The fourth-order valence-corrected chi connectivity index (χ4v) is 4.56. The van der Waals surface area contributed by atoms with E-state index in [9.17, 15) is 4.79 Å². The SMILES string of the molecule is CC1(C)CC2CC(C)(CN2C(=O)CNCC2CC2)C1. The van der Waals surface area contributed by atoms with Crippen molar-refractivity contribution in [1.82, 2.24) is 10.2 Å². The maximum Gasteiger partial charge on any atom is 0.236 e. The molecule has 0 aromatic rings. The van der Waals surface area contributed by atoms with Gasteiger partial charge in [-0.25, -0.2) is 0 Å². The van der Waals surface area contributed by atoms with Gasteiger partial charge >= 0.3 is 0 Å². The summed E-state index contributed by atoms with van der Waals surface area (Å²) in [5, 5.41) is 3.35. The van der Waals surface area contributed by atoms with Gasteiger partial charge in [-0.05, 0) is 55.4 Å². The molecule has 1 saturated heterocycles. The van der Waals surface area contributed by atoms with Gasteiger partial charge in [0.05, 0.1) is 6.54 Å². The number of hydrogen-bond acceptors (Lipinski definition) is 2. The highest BCUT2D eigenvalue weighted by Crippen LogP contribution is 2.52. The van der Waals surface area contributed by atoms with Crippen molar-refractivity contribution in [3.63, 3.8) is 0 Å². The number of nitrogens with zero attached hydrogens (tertiary/aromatic N) is 1. The molecule has 1 N–H and O–H groups in total. The van der Waals surface area contributed by atoms with E-state index in [1.54, 1.807) is 0 Å². The standard InChI is InChI=1S/C16H28N2O/c1-15(2)6-13-7-16(3,10-15)11-18(13)14(19)9-17-8-12-4-5-12/h12-13,17H,4-11H2,1-3H3. The molecule has 2 saturated carbocycles. The van der Waals surface area contributed by atoms with Crippen LogP contribution in [0, 0.1) is 16.7 Å². The van der Waals surface area contributed by atoms with Gasteiger partial charge in [0, 0.05) is 12.6 Å². The van der Waals surface area contributed by atoms with Crippen LogP contribution in [0.25, 0.3) is 0 Å². The van der Waals surface area contributed by atoms with Crippen LogP contribution in [0.1, 0.15) is 52.9 Å². The van der Waals surface area contributed by atoms with E-state index in [1.165, 1.54) is 32.1 Å². The summed E-state index contributed by atoms with van der Waals surface area (Å²) in [6.07, 6.45) is 6.34. The molecule has 0 radical (unpaired) electrons. The summed E-state index contributed by atoms with van der Waals surface area (Å²) in [6.45, 7) is 9.64. The quantitative estimate of drug-likeness (QED) is 0.845. The molecule has 0 aromatic heterocycles. The molecule has 1 heterocycles. The lowest BCUT2D eigenvalue weighted by Crippen LogP contribution is -2.42. The Balaban J connectivity index is 1.57. The lowest BCUT2D eigenvalue weighted by Gasteiger charge is -2.39. The van der Waals surface area contributed by atoms with Crippen molar-refractivity contribution in [1.29, 1.82) is 0 Å². The average Bonchev–Trinajstić information content (AvgIpc) is 3.03. The summed E-state index contributed by atoms with van der Waals surface area (Å²) < 4.78 is 0. The Kier molecular flexibility index (Phi) is 3.16. The van der Waals surface area contributed by atoms with E-state index < -0.39 is 0 Å². The first-order valence-electron chi connectivity index (χ1n) is 7.87. The van der Waals surface area contributed by atoms with E-state index in [0.29, 0.717) is 29.3 Å². The molecule has 108 valence electrons. The third-order valence-corrected chi connectivity index (χ3v) is 5.14. The lowest BCUT2D eigenvalue weighted by molar-refractivity contribution is -0.131. The van der Waals surface area contributed by atoms with Gasteiger partial charge in [0.25, 0.3) is 0 Å². The molecular formula is C16H28N2O. The van der Waals surface area contributed by atoms with Crippen molar-refractivity contribution in [2.75, 3.05) is 19.6 Å². The second-order valence-electron chi connectivity index (χ2n) is 8.31. The molecule has 3 fully saturated rings. The summed E-state index contributed by atoms with van der Waals surface area (Å²) in [5.74, 6) is 1.18. The molecule has 1 amide bonds. The van der Waals surface area contributed by atoms with Crippen molar-refractivity contribution in [3.8, 4) is 0 Å². The van der Waals surface area contributed by atoms with Gasteiger partial charge in [-0.3, -0.25) is 4.79 Å². The van der Waals surface area contributed by atoms with Gasteiger partial charge in [-0.2, -0.15) is 0 Å². The van der Waals surface area contributed by atoms with Crippen LogP contribution in [0.15, 0.2) is 0 Å². The molecule has 0 aromatic carbocycles. The Morgan fingerprint density at radius 3 is 2.68 bits per heavy atom. The first-order valence-corrected chi connectivity index (χ1v) is 7.87. The second-order valence-corrected chi connectivity index (χ2v) is 8.31. The Morgan fingerprint density at radius 2 is 2.00 bits per heavy atom. The van der Waals surface area contributed by atoms with E-state index in [2.05, 4.69) is 31.0 Å². The Hall–Kier alpha value is -0.570. The number of likely N-dealkylation sites (tertiary alicyclic amines) is 1. The van der Waals surface area contributed by atoms with Crippen LogP contribution in [0.5, 0.6) is 0 Å². The van der Waals surface area contributed by atoms with Crippen LogP contribution >= 0.6 is 0 Å². The minimum Gasteiger partial charge on any atom is -0.338 e. The van der Waals surface area contributed by atoms with E-state index in [1.807, 2.05) is 0 Å². The first-order chi connectivity index (χ1) is 8.87. The van der Waals surface area contributed by atoms with Crippen LogP contribution in [-0.4, -0.2) is 36.5 Å². The minimum absolute atomic E-state index is 0.326. The van der Waals surface area contributed by atoms with Crippen LogP contribution in [-0.2, 0) is 4.79 Å². The number of rotatable bonds is 4. The molecule has 2 aliphatic carbocycles. The molecular weight excluding hydrogens is 236 g/mol. The normalized spacial score (nSPS) is 36.6. The minimum atomic E-state index is 0.326. The molecule has 19 heavy (non-hydrogen) atoms. The van der Waals surface area contributed by atoms with Crippen LogP contribution < -0.4 is 5.32 Å². The molecule has 3 rings (SSSR count). The van der Waals surface area contributed by atoms with Gasteiger partial charge in [-0.15, -0.1) is 0 Å². The summed E-state index contributed by atoms with van der Waals surface area (Å²) in [4.78, 5) is 14.6. The first kappa shape index (κ1) is 13.4. The highest BCUT2D eigenvalue weighted by atomic mass is 16.2. The van der Waals surface area contributed by atoms with E-state index in [4.69, 9.17) is 0 Å². The van der Waals surface area contributed by atoms with E-state index in [-0.39, 0.29) is 0 Å². The Labute approximate surface area is 117 Å². The Bertz CT molecular complexity index is 375. The zero-order valence-corrected chi connectivity index (χ0v) is 12.7. The van der Waals surface area contributed by atoms with Crippen molar-refractivity contribution >= 4 is 5.91 Å². The maximum atomic E-state index is 12.4. The topological polar surface area (TPSA) is 32.3 Å². The highest BCUT2D eigenvalue weighted by molar-refractivity contribution is 5.79. The van der Waals surface area contributed by atoms with Crippen molar-refractivity contribution in [2.24, 2.45) is 16.7 Å². The zero-order chi connectivity index (χ0) is 13.7. The number of carbonyl (C=O) groups excluding carboxylic acids is 1. The number of fused-ring (bicyclic) bond motifs is 2. The predicted molar refractivity (Wildman–Crippen MR) is 76.8 cm³/mol. The largest absolute Gasteiger partial charge is 0.338 e. The fourth-order valence-electron chi connectivity index (χ4n) is 4.56. The average molecular weight is 264 g/mol. The van der Waals surface area contributed by atoms with Crippen LogP contribution in [0.3, 0.4) is 0 Å². The Morgan fingerprint density at radius 1 is 1.26 bits per heavy atom. The van der Waals surface area contributed by atoms with Crippen molar-refractivity contribution in [3.05, 3.63) is 0 Å². The monoisotopic (exact) mass is 264 g/mol. The fraction of sp³-hybridized carbons (Fsp3) is 0.938. The smallest absolute Gasteiger partial charge is 0.236 e. The number of amides is 1. The van der Waals surface area contributed by atoms with Crippen LogP contribution in [0.2, 0.25) is 0 Å². The third kappa shape index (κ3) is 2.96. The van der Waals surface area contributed by atoms with Crippen molar-refractivity contribution < 1.29 is 4.79 Å². The molecule has 3 heteroatoms.